The number of aliphatic hydroxyl groups excluding tert-OH is 1. The topological polar surface area (TPSA) is 32.3 Å². The van der Waals surface area contributed by atoms with E-state index >= 15 is 0 Å². The molecular formula is C11H25NO. The van der Waals surface area contributed by atoms with Crippen LogP contribution >= 0.6 is 0 Å². The molecule has 0 radical (unpaired) electrons. The molecule has 1 atom stereocenters. The predicted octanol–water partition coefficient (Wildman–Crippen LogP) is 2.32. The van der Waals surface area contributed by atoms with Gasteiger partial charge in [-0.3, -0.25) is 0 Å². The maximum Gasteiger partial charge on any atom is 0.0584 e. The highest BCUT2D eigenvalue weighted by Crippen LogP contribution is 2.06. The van der Waals surface area contributed by atoms with Crippen LogP contribution < -0.4 is 5.32 Å². The van der Waals surface area contributed by atoms with Crippen molar-refractivity contribution in [3.05, 3.63) is 0 Å². The van der Waals surface area contributed by atoms with E-state index in [-0.39, 0.29) is 6.61 Å². The van der Waals surface area contributed by atoms with Crippen molar-refractivity contribution < 1.29 is 5.11 Å². The zero-order valence-corrected chi connectivity index (χ0v) is 9.34. The van der Waals surface area contributed by atoms with Gasteiger partial charge in [0, 0.05) is 12.1 Å². The molecule has 0 aromatic rings. The summed E-state index contributed by atoms with van der Waals surface area (Å²) in [5.41, 5.74) is 0. The second-order valence-electron chi connectivity index (χ2n) is 3.73. The van der Waals surface area contributed by atoms with Gasteiger partial charge >= 0.3 is 0 Å². The van der Waals surface area contributed by atoms with Crippen LogP contribution in [0.2, 0.25) is 0 Å². The van der Waals surface area contributed by atoms with Crippen molar-refractivity contribution in [3.8, 4) is 0 Å². The molecule has 0 amide bonds. The third kappa shape index (κ3) is 6.05. The minimum Gasteiger partial charge on any atom is -0.395 e. The van der Waals surface area contributed by atoms with Gasteiger partial charge in [0.2, 0.25) is 0 Å². The molecule has 0 rings (SSSR count). The van der Waals surface area contributed by atoms with Crippen molar-refractivity contribution in [1.29, 1.82) is 0 Å². The van der Waals surface area contributed by atoms with E-state index in [0.717, 1.165) is 6.42 Å². The summed E-state index contributed by atoms with van der Waals surface area (Å²) in [5, 5.41) is 12.6. The van der Waals surface area contributed by atoms with Crippen LogP contribution in [0.3, 0.4) is 0 Å². The van der Waals surface area contributed by atoms with Crippen LogP contribution in [0.4, 0.5) is 0 Å². The molecule has 0 spiro atoms. The Labute approximate surface area is 82.7 Å². The van der Waals surface area contributed by atoms with Crippen molar-refractivity contribution in [1.82, 2.24) is 5.32 Å². The summed E-state index contributed by atoms with van der Waals surface area (Å²) in [6, 6.07) is 0.898. The van der Waals surface area contributed by atoms with Crippen LogP contribution in [0.1, 0.15) is 52.9 Å². The highest BCUT2D eigenvalue weighted by Gasteiger charge is 2.11. The number of aliphatic hydroxyl groups is 1. The van der Waals surface area contributed by atoms with E-state index in [2.05, 4.69) is 26.1 Å². The van der Waals surface area contributed by atoms with Crippen molar-refractivity contribution in [2.75, 3.05) is 6.61 Å². The summed E-state index contributed by atoms with van der Waals surface area (Å²) in [6.45, 7) is 6.80. The molecule has 0 bridgehead atoms. The first-order valence-electron chi connectivity index (χ1n) is 5.65. The Balaban J connectivity index is 3.76. The van der Waals surface area contributed by atoms with Gasteiger partial charge in [0.1, 0.15) is 0 Å². The number of rotatable bonds is 8. The first kappa shape index (κ1) is 12.9. The number of hydrogen-bond acceptors (Lipinski definition) is 2. The fraction of sp³-hybridized carbons (Fsp3) is 1.00. The maximum absolute atomic E-state index is 9.05. The summed E-state index contributed by atoms with van der Waals surface area (Å²) >= 11 is 0. The van der Waals surface area contributed by atoms with Crippen molar-refractivity contribution in [2.24, 2.45) is 0 Å². The summed E-state index contributed by atoms with van der Waals surface area (Å²) in [7, 11) is 0. The van der Waals surface area contributed by atoms with Gasteiger partial charge < -0.3 is 10.4 Å². The van der Waals surface area contributed by atoms with Crippen LogP contribution in [0.15, 0.2) is 0 Å². The molecule has 0 aliphatic rings. The molecule has 0 aliphatic heterocycles. The van der Waals surface area contributed by atoms with E-state index in [4.69, 9.17) is 5.11 Å². The zero-order valence-electron chi connectivity index (χ0n) is 9.34. The highest BCUT2D eigenvalue weighted by atomic mass is 16.3. The lowest BCUT2D eigenvalue weighted by molar-refractivity contribution is 0.222. The lowest BCUT2D eigenvalue weighted by Gasteiger charge is -2.23. The summed E-state index contributed by atoms with van der Waals surface area (Å²) in [6.07, 6.45) is 5.91. The Hall–Kier alpha value is -0.0800. The fourth-order valence-electron chi connectivity index (χ4n) is 1.64. The number of nitrogens with one attached hydrogen (secondary N) is 1. The summed E-state index contributed by atoms with van der Waals surface area (Å²) < 4.78 is 0. The minimum atomic E-state index is 0.264. The molecule has 13 heavy (non-hydrogen) atoms. The van der Waals surface area contributed by atoms with Crippen LogP contribution in [-0.2, 0) is 0 Å². The fourth-order valence-corrected chi connectivity index (χ4v) is 1.64. The highest BCUT2D eigenvalue weighted by molar-refractivity contribution is 4.72. The van der Waals surface area contributed by atoms with Crippen LogP contribution in [-0.4, -0.2) is 23.8 Å². The lowest BCUT2D eigenvalue weighted by Crippen LogP contribution is -2.40. The molecule has 0 saturated heterocycles. The number of hydrogen-bond donors (Lipinski definition) is 2. The van der Waals surface area contributed by atoms with Crippen molar-refractivity contribution >= 4 is 0 Å². The van der Waals surface area contributed by atoms with Gasteiger partial charge in [0.25, 0.3) is 0 Å². The molecule has 0 unspecified atom stereocenters. The summed E-state index contributed by atoms with van der Waals surface area (Å²) in [5.74, 6) is 0. The van der Waals surface area contributed by atoms with Gasteiger partial charge in [-0.25, -0.2) is 0 Å². The third-order valence-electron chi connectivity index (χ3n) is 2.46. The molecule has 0 aromatic heterocycles. The van der Waals surface area contributed by atoms with Gasteiger partial charge in [-0.2, -0.15) is 0 Å². The van der Waals surface area contributed by atoms with E-state index in [1.807, 2.05) is 0 Å². The van der Waals surface area contributed by atoms with Crippen molar-refractivity contribution in [3.63, 3.8) is 0 Å². The second-order valence-corrected chi connectivity index (χ2v) is 3.73. The van der Waals surface area contributed by atoms with Crippen LogP contribution in [0.5, 0.6) is 0 Å². The second kappa shape index (κ2) is 8.52. The molecule has 0 saturated carbocycles. The largest absolute Gasteiger partial charge is 0.395 e. The monoisotopic (exact) mass is 187 g/mol. The van der Waals surface area contributed by atoms with E-state index < -0.39 is 0 Å². The molecule has 0 fully saturated rings. The van der Waals surface area contributed by atoms with Gasteiger partial charge in [0.15, 0.2) is 0 Å². The average molecular weight is 187 g/mol. The quantitative estimate of drug-likeness (QED) is 0.611. The molecule has 0 aliphatic carbocycles. The lowest BCUT2D eigenvalue weighted by atomic mass is 10.1. The smallest absolute Gasteiger partial charge is 0.0584 e. The first-order valence-corrected chi connectivity index (χ1v) is 5.65. The zero-order chi connectivity index (χ0) is 10.1. The van der Waals surface area contributed by atoms with Crippen LogP contribution in [0.25, 0.3) is 0 Å². The standard InChI is InChI=1S/C11H25NO/c1-4-7-11(8-5-2)12-10(6-3)9-13/h10-13H,4-9H2,1-3H3/t10-/m0/s1. The Morgan fingerprint density at radius 1 is 1.00 bits per heavy atom. The van der Waals surface area contributed by atoms with Crippen molar-refractivity contribution in [2.45, 2.75) is 65.0 Å². The SMILES string of the molecule is CCCC(CCC)N[C@@H](CC)CO. The normalized spacial score (nSPS) is 13.6. The minimum absolute atomic E-state index is 0.264. The Morgan fingerprint density at radius 2 is 1.54 bits per heavy atom. The van der Waals surface area contributed by atoms with E-state index in [1.165, 1.54) is 25.7 Å². The van der Waals surface area contributed by atoms with Gasteiger partial charge in [-0.1, -0.05) is 33.6 Å². The van der Waals surface area contributed by atoms with Gasteiger partial charge in [0.05, 0.1) is 6.61 Å². The first-order chi connectivity index (χ1) is 6.28. The predicted molar refractivity (Wildman–Crippen MR) is 57.9 cm³/mol. The molecule has 2 N–H and O–H groups in total. The molecule has 0 heterocycles. The molecule has 2 heteroatoms. The Bertz CT molecular complexity index is 96.3. The average Bonchev–Trinajstić information content (AvgIpc) is 2.14. The summed E-state index contributed by atoms with van der Waals surface area (Å²) in [4.78, 5) is 0. The van der Waals surface area contributed by atoms with E-state index in [9.17, 15) is 0 Å². The third-order valence-corrected chi connectivity index (χ3v) is 2.46. The van der Waals surface area contributed by atoms with Crippen LogP contribution in [0, 0.1) is 0 Å². The van der Waals surface area contributed by atoms with E-state index in [0.29, 0.717) is 12.1 Å². The van der Waals surface area contributed by atoms with E-state index in [1.54, 1.807) is 0 Å². The molecular weight excluding hydrogens is 162 g/mol. The Morgan fingerprint density at radius 3 is 1.85 bits per heavy atom. The van der Waals surface area contributed by atoms with Gasteiger partial charge in [-0.05, 0) is 19.3 Å². The van der Waals surface area contributed by atoms with Gasteiger partial charge in [-0.15, -0.1) is 0 Å². The maximum atomic E-state index is 9.05. The molecule has 80 valence electrons. The Kier molecular flexibility index (Phi) is 8.46. The molecule has 0 aromatic carbocycles. The molecule has 2 nitrogen and oxygen atoms in total.